The highest BCUT2D eigenvalue weighted by Gasteiger charge is 2.39. The Morgan fingerprint density at radius 3 is 2.53 bits per heavy atom. The van der Waals surface area contributed by atoms with E-state index >= 15 is 0 Å². The third-order valence-corrected chi connectivity index (χ3v) is 2.49. The Labute approximate surface area is 107 Å². The molecular formula is C11H14F3N3O2. The number of nitrogens with zero attached hydrogens (tertiary/aromatic N) is 1. The molecule has 0 radical (unpaired) electrons. The van der Waals surface area contributed by atoms with E-state index in [0.29, 0.717) is 17.7 Å². The average Bonchev–Trinajstić information content (AvgIpc) is 2.26. The van der Waals surface area contributed by atoms with Gasteiger partial charge in [-0.15, -0.1) is 0 Å². The number of aromatic amines is 1. The maximum Gasteiger partial charge on any atom is 0.471 e. The van der Waals surface area contributed by atoms with Crippen LogP contribution in [0.4, 0.5) is 19.1 Å². The van der Waals surface area contributed by atoms with Gasteiger partial charge >= 0.3 is 12.1 Å². The molecule has 106 valence electrons. The van der Waals surface area contributed by atoms with E-state index in [9.17, 15) is 22.8 Å². The molecule has 0 aromatic carbocycles. The summed E-state index contributed by atoms with van der Waals surface area (Å²) >= 11 is 0. The number of hydrogen-bond acceptors (Lipinski definition) is 3. The van der Waals surface area contributed by atoms with Crippen molar-refractivity contribution in [2.24, 2.45) is 0 Å². The zero-order chi connectivity index (χ0) is 14.6. The highest BCUT2D eigenvalue weighted by Crippen LogP contribution is 2.16. The van der Waals surface area contributed by atoms with Crippen molar-refractivity contribution in [2.75, 3.05) is 5.32 Å². The Morgan fingerprint density at radius 2 is 2.05 bits per heavy atom. The van der Waals surface area contributed by atoms with Crippen molar-refractivity contribution in [3.8, 4) is 0 Å². The van der Waals surface area contributed by atoms with Gasteiger partial charge in [0.2, 0.25) is 5.95 Å². The SMILES string of the molecule is CCCCc1c(C)nc(NC(=O)C(F)(F)F)[nH]c1=O. The molecule has 1 amide bonds. The molecule has 0 aliphatic carbocycles. The second-order valence-corrected chi connectivity index (χ2v) is 4.03. The van der Waals surface area contributed by atoms with Gasteiger partial charge in [-0.05, 0) is 19.8 Å². The summed E-state index contributed by atoms with van der Waals surface area (Å²) in [6, 6.07) is 0. The summed E-state index contributed by atoms with van der Waals surface area (Å²) in [5.41, 5.74) is 0.208. The van der Waals surface area contributed by atoms with Crippen LogP contribution in [0.25, 0.3) is 0 Å². The zero-order valence-electron chi connectivity index (χ0n) is 10.5. The largest absolute Gasteiger partial charge is 0.471 e. The number of rotatable bonds is 4. The first-order valence-corrected chi connectivity index (χ1v) is 5.73. The van der Waals surface area contributed by atoms with Gasteiger partial charge in [0.1, 0.15) is 0 Å². The summed E-state index contributed by atoms with van der Waals surface area (Å²) in [6.45, 7) is 3.47. The fourth-order valence-corrected chi connectivity index (χ4v) is 1.50. The Morgan fingerprint density at radius 1 is 1.42 bits per heavy atom. The van der Waals surface area contributed by atoms with Crippen LogP contribution >= 0.6 is 0 Å². The lowest BCUT2D eigenvalue weighted by molar-refractivity contribution is -0.167. The summed E-state index contributed by atoms with van der Waals surface area (Å²) in [5, 5.41) is 1.52. The molecule has 0 unspecified atom stereocenters. The second-order valence-electron chi connectivity index (χ2n) is 4.03. The predicted octanol–water partition coefficient (Wildman–Crippen LogP) is 1.92. The first kappa shape index (κ1) is 15.2. The quantitative estimate of drug-likeness (QED) is 0.883. The minimum Gasteiger partial charge on any atom is -0.292 e. The number of H-pyrrole nitrogens is 1. The highest BCUT2D eigenvalue weighted by molar-refractivity contribution is 5.93. The molecule has 0 spiro atoms. The minimum absolute atomic E-state index is 0.315. The van der Waals surface area contributed by atoms with E-state index in [0.717, 1.165) is 12.8 Å². The van der Waals surface area contributed by atoms with Crippen LogP contribution in [0.3, 0.4) is 0 Å². The highest BCUT2D eigenvalue weighted by atomic mass is 19.4. The third kappa shape index (κ3) is 4.08. The number of carbonyl (C=O) groups excluding carboxylic acids is 1. The molecule has 0 aliphatic rings. The lowest BCUT2D eigenvalue weighted by Crippen LogP contribution is -2.32. The van der Waals surface area contributed by atoms with Crippen LogP contribution in [-0.4, -0.2) is 22.1 Å². The molecule has 0 fully saturated rings. The van der Waals surface area contributed by atoms with Gasteiger partial charge in [0.25, 0.3) is 5.56 Å². The number of alkyl halides is 3. The second kappa shape index (κ2) is 5.85. The third-order valence-electron chi connectivity index (χ3n) is 2.49. The van der Waals surface area contributed by atoms with Crippen molar-refractivity contribution in [2.45, 2.75) is 39.3 Å². The Kier molecular flexibility index (Phi) is 4.68. The van der Waals surface area contributed by atoms with Crippen molar-refractivity contribution in [1.82, 2.24) is 9.97 Å². The van der Waals surface area contributed by atoms with E-state index in [-0.39, 0.29) is 0 Å². The van der Waals surface area contributed by atoms with Gasteiger partial charge in [-0.1, -0.05) is 13.3 Å². The number of halogens is 3. The molecule has 1 heterocycles. The molecule has 0 saturated heterocycles. The summed E-state index contributed by atoms with van der Waals surface area (Å²) in [6.07, 6.45) is -2.86. The van der Waals surface area contributed by atoms with Crippen LogP contribution in [0.2, 0.25) is 0 Å². The summed E-state index contributed by atoms with van der Waals surface area (Å²) < 4.78 is 36.1. The van der Waals surface area contributed by atoms with Crippen LogP contribution in [0, 0.1) is 6.92 Å². The Bertz CT molecular complexity index is 523. The zero-order valence-corrected chi connectivity index (χ0v) is 10.5. The van der Waals surface area contributed by atoms with Crippen molar-refractivity contribution >= 4 is 11.9 Å². The van der Waals surface area contributed by atoms with E-state index in [1.165, 1.54) is 12.2 Å². The molecule has 0 atom stereocenters. The molecular weight excluding hydrogens is 263 g/mol. The van der Waals surface area contributed by atoms with Crippen LogP contribution < -0.4 is 10.9 Å². The number of hydrogen-bond donors (Lipinski definition) is 2. The summed E-state index contributed by atoms with van der Waals surface area (Å²) in [5.74, 6) is -2.67. The van der Waals surface area contributed by atoms with Gasteiger partial charge < -0.3 is 0 Å². The van der Waals surface area contributed by atoms with Crippen LogP contribution in [-0.2, 0) is 11.2 Å². The minimum atomic E-state index is -5.02. The molecule has 0 bridgehead atoms. The molecule has 0 aliphatic heterocycles. The maximum atomic E-state index is 12.0. The molecule has 1 aromatic heterocycles. The lowest BCUT2D eigenvalue weighted by Gasteiger charge is -2.09. The van der Waals surface area contributed by atoms with Crippen LogP contribution in [0.5, 0.6) is 0 Å². The fraction of sp³-hybridized carbons (Fsp3) is 0.545. The van der Waals surface area contributed by atoms with E-state index < -0.39 is 23.6 Å². The Balaban J connectivity index is 2.95. The average molecular weight is 277 g/mol. The Hall–Kier alpha value is -1.86. The normalized spacial score (nSPS) is 11.4. The van der Waals surface area contributed by atoms with Crippen molar-refractivity contribution in [3.63, 3.8) is 0 Å². The van der Waals surface area contributed by atoms with Gasteiger partial charge in [-0.25, -0.2) is 4.98 Å². The molecule has 5 nitrogen and oxygen atoms in total. The monoisotopic (exact) mass is 277 g/mol. The number of carbonyl (C=O) groups is 1. The number of aromatic nitrogens is 2. The maximum absolute atomic E-state index is 12.0. The van der Waals surface area contributed by atoms with E-state index in [4.69, 9.17) is 0 Å². The van der Waals surface area contributed by atoms with Crippen molar-refractivity contribution in [1.29, 1.82) is 0 Å². The first-order chi connectivity index (χ1) is 8.75. The number of aryl methyl sites for hydroxylation is 1. The lowest BCUT2D eigenvalue weighted by atomic mass is 10.1. The molecule has 8 heteroatoms. The standard InChI is InChI=1S/C11H14F3N3O2/c1-3-4-5-7-6(2)15-10(16-8(7)18)17-9(19)11(12,13)14/h3-5H2,1-2H3,(H2,15,16,17,18,19). The van der Waals surface area contributed by atoms with Gasteiger partial charge in [-0.2, -0.15) is 13.2 Å². The van der Waals surface area contributed by atoms with Gasteiger partial charge in [0, 0.05) is 11.3 Å². The smallest absolute Gasteiger partial charge is 0.292 e. The topological polar surface area (TPSA) is 74.8 Å². The van der Waals surface area contributed by atoms with Gasteiger partial charge in [0.15, 0.2) is 0 Å². The number of unbranched alkanes of at least 4 members (excludes halogenated alkanes) is 1. The predicted molar refractivity (Wildman–Crippen MR) is 62.9 cm³/mol. The van der Waals surface area contributed by atoms with Crippen LogP contribution in [0.1, 0.15) is 31.0 Å². The van der Waals surface area contributed by atoms with Gasteiger partial charge in [0.05, 0.1) is 0 Å². The van der Waals surface area contributed by atoms with Crippen molar-refractivity contribution < 1.29 is 18.0 Å². The molecule has 1 aromatic rings. The van der Waals surface area contributed by atoms with E-state index in [2.05, 4.69) is 9.97 Å². The number of anilines is 1. The molecule has 1 rings (SSSR count). The van der Waals surface area contributed by atoms with Crippen LogP contribution in [0.15, 0.2) is 4.79 Å². The summed E-state index contributed by atoms with van der Waals surface area (Å²) in [4.78, 5) is 28.3. The van der Waals surface area contributed by atoms with E-state index in [1.807, 2.05) is 6.92 Å². The molecule has 19 heavy (non-hydrogen) atoms. The van der Waals surface area contributed by atoms with Gasteiger partial charge in [-0.3, -0.25) is 19.9 Å². The number of amides is 1. The van der Waals surface area contributed by atoms with Crippen molar-refractivity contribution in [3.05, 3.63) is 21.6 Å². The molecule has 2 N–H and O–H groups in total. The fourth-order valence-electron chi connectivity index (χ4n) is 1.50. The molecule has 0 saturated carbocycles. The van der Waals surface area contributed by atoms with E-state index in [1.54, 1.807) is 0 Å². The number of nitrogens with one attached hydrogen (secondary N) is 2. The first-order valence-electron chi connectivity index (χ1n) is 5.73. The summed E-state index contributed by atoms with van der Waals surface area (Å²) in [7, 11) is 0.